The Hall–Kier alpha value is -0.940. The van der Waals surface area contributed by atoms with Crippen LogP contribution < -0.4 is 10.6 Å². The van der Waals surface area contributed by atoms with E-state index in [-0.39, 0.29) is 30.0 Å². The number of rotatable bonds is 8. The van der Waals surface area contributed by atoms with Crippen LogP contribution in [0.15, 0.2) is 35.5 Å². The summed E-state index contributed by atoms with van der Waals surface area (Å²) in [5, 5.41) is 8.70. The third-order valence-electron chi connectivity index (χ3n) is 4.81. The highest BCUT2D eigenvalue weighted by atomic mass is 127. The zero-order valence-electron chi connectivity index (χ0n) is 17.6. The Kier molecular flexibility index (Phi) is 11.4. The predicted octanol–water partition coefficient (Wildman–Crippen LogP) is 3.89. The van der Waals surface area contributed by atoms with E-state index in [4.69, 9.17) is 21.3 Å². The molecule has 1 fully saturated rings. The van der Waals surface area contributed by atoms with Crippen LogP contribution in [0, 0.1) is 6.92 Å². The van der Waals surface area contributed by atoms with Crippen LogP contribution in [0.3, 0.4) is 0 Å². The quantitative estimate of drug-likeness (QED) is 0.290. The monoisotopic (exact) mass is 563 g/mol. The second-order valence-corrected chi connectivity index (χ2v) is 8.73. The zero-order valence-corrected chi connectivity index (χ0v) is 21.5. The lowest BCUT2D eigenvalue weighted by Crippen LogP contribution is -2.42. The Balaban J connectivity index is 0.00000320. The third kappa shape index (κ3) is 7.96. The number of aryl methyl sites for hydroxylation is 1. The van der Waals surface area contributed by atoms with Gasteiger partial charge in [-0.15, -0.1) is 35.3 Å². The van der Waals surface area contributed by atoms with Gasteiger partial charge in [0.1, 0.15) is 0 Å². The van der Waals surface area contributed by atoms with E-state index >= 15 is 0 Å². The van der Waals surface area contributed by atoms with Gasteiger partial charge in [0.25, 0.3) is 0 Å². The number of aliphatic imine (C=N–C) groups is 1. The van der Waals surface area contributed by atoms with Crippen molar-refractivity contribution < 1.29 is 4.74 Å². The molecule has 1 saturated heterocycles. The van der Waals surface area contributed by atoms with Gasteiger partial charge in [0.2, 0.25) is 0 Å². The van der Waals surface area contributed by atoms with Crippen LogP contribution in [0.1, 0.15) is 28.4 Å². The first kappa shape index (κ1) is 25.3. The van der Waals surface area contributed by atoms with Gasteiger partial charge in [-0.1, -0.05) is 23.7 Å². The number of halogens is 2. The first-order valence-corrected chi connectivity index (χ1v) is 11.4. The van der Waals surface area contributed by atoms with Gasteiger partial charge in [-0.2, -0.15) is 0 Å². The first-order valence-electron chi connectivity index (χ1n) is 10.2. The highest BCUT2D eigenvalue weighted by Gasteiger charge is 2.22. The molecule has 0 radical (unpaired) electrons. The minimum absolute atomic E-state index is 0. The van der Waals surface area contributed by atoms with E-state index in [9.17, 15) is 0 Å². The lowest BCUT2D eigenvalue weighted by Gasteiger charge is -2.34. The molecule has 1 unspecified atom stereocenters. The number of nitrogens with one attached hydrogen (secondary N) is 2. The van der Waals surface area contributed by atoms with Crippen LogP contribution in [-0.2, 0) is 11.2 Å². The first-order chi connectivity index (χ1) is 14.2. The average molecular weight is 564 g/mol. The van der Waals surface area contributed by atoms with Crippen molar-refractivity contribution in [1.82, 2.24) is 20.5 Å². The molecule has 0 saturated carbocycles. The number of thiazole rings is 1. The topological polar surface area (TPSA) is 61.8 Å². The highest BCUT2D eigenvalue weighted by Crippen LogP contribution is 2.24. The fourth-order valence-corrected chi connectivity index (χ4v) is 4.24. The molecule has 30 heavy (non-hydrogen) atoms. The summed E-state index contributed by atoms with van der Waals surface area (Å²) in [6.45, 7) is 9.83. The fourth-order valence-electron chi connectivity index (χ4n) is 3.33. The van der Waals surface area contributed by atoms with Crippen molar-refractivity contribution in [2.45, 2.75) is 26.3 Å². The molecule has 0 spiro atoms. The number of nitrogens with zero attached hydrogens (tertiary/aromatic N) is 3. The van der Waals surface area contributed by atoms with E-state index in [1.165, 1.54) is 10.4 Å². The maximum Gasteiger partial charge on any atom is 0.191 e. The largest absolute Gasteiger partial charge is 0.379 e. The number of guanidine groups is 1. The van der Waals surface area contributed by atoms with Gasteiger partial charge in [0.15, 0.2) is 5.96 Å². The zero-order chi connectivity index (χ0) is 20.5. The third-order valence-corrected chi connectivity index (χ3v) is 6.03. The Morgan fingerprint density at radius 1 is 1.27 bits per heavy atom. The maximum absolute atomic E-state index is 6.09. The predicted molar refractivity (Wildman–Crippen MR) is 137 cm³/mol. The molecular weight excluding hydrogens is 533 g/mol. The van der Waals surface area contributed by atoms with Crippen LogP contribution >= 0.6 is 46.9 Å². The molecule has 0 bridgehead atoms. The van der Waals surface area contributed by atoms with Crippen molar-refractivity contribution in [3.05, 3.63) is 50.9 Å². The van der Waals surface area contributed by atoms with Gasteiger partial charge < -0.3 is 15.4 Å². The summed E-state index contributed by atoms with van der Waals surface area (Å²) in [6.07, 6.45) is 2.82. The smallest absolute Gasteiger partial charge is 0.191 e. The standard InChI is InChI=1S/C21H30ClN5OS.HI/c1-3-23-21(24-9-8-20-25-14-16(2)29-20)26-15-19(27-10-12-28-13-11-27)17-4-6-18(22)7-5-17;/h4-7,14,19H,3,8-13,15H2,1-2H3,(H2,23,24,26);1H. The minimum atomic E-state index is 0. The van der Waals surface area contributed by atoms with Crippen molar-refractivity contribution in [1.29, 1.82) is 0 Å². The number of ether oxygens (including phenoxy) is 1. The second-order valence-electron chi connectivity index (χ2n) is 6.98. The normalized spacial score (nSPS) is 16.0. The Labute approximate surface area is 205 Å². The molecule has 2 heterocycles. The van der Waals surface area contributed by atoms with Crippen molar-refractivity contribution >= 4 is 52.9 Å². The summed E-state index contributed by atoms with van der Waals surface area (Å²) in [5.74, 6) is 0.841. The van der Waals surface area contributed by atoms with Gasteiger partial charge in [0, 0.05) is 48.7 Å². The molecule has 1 atom stereocenters. The number of hydrogen-bond donors (Lipinski definition) is 2. The molecule has 1 aliphatic rings. The Morgan fingerprint density at radius 3 is 2.63 bits per heavy atom. The van der Waals surface area contributed by atoms with E-state index in [1.807, 2.05) is 18.3 Å². The number of hydrogen-bond acceptors (Lipinski definition) is 5. The summed E-state index contributed by atoms with van der Waals surface area (Å²) in [4.78, 5) is 13.0. The SMILES string of the molecule is CCNC(=NCC(c1ccc(Cl)cc1)N1CCOCC1)NCCc1ncc(C)s1.I. The van der Waals surface area contributed by atoms with Crippen LogP contribution in [-0.4, -0.2) is 61.8 Å². The molecule has 6 nitrogen and oxygen atoms in total. The van der Waals surface area contributed by atoms with Gasteiger partial charge in [0.05, 0.1) is 30.8 Å². The van der Waals surface area contributed by atoms with E-state index in [0.717, 1.165) is 61.8 Å². The Bertz CT molecular complexity index is 780. The van der Waals surface area contributed by atoms with E-state index in [2.05, 4.69) is 46.5 Å². The Morgan fingerprint density at radius 2 is 2.00 bits per heavy atom. The molecule has 1 aliphatic heterocycles. The summed E-state index contributed by atoms with van der Waals surface area (Å²) in [6, 6.07) is 8.31. The van der Waals surface area contributed by atoms with Gasteiger partial charge in [-0.25, -0.2) is 4.98 Å². The molecule has 0 amide bonds. The molecule has 166 valence electrons. The van der Waals surface area contributed by atoms with Crippen molar-refractivity contribution in [3.63, 3.8) is 0 Å². The van der Waals surface area contributed by atoms with Crippen LogP contribution in [0.25, 0.3) is 0 Å². The lowest BCUT2D eigenvalue weighted by molar-refractivity contribution is 0.0180. The molecule has 2 aromatic rings. The minimum Gasteiger partial charge on any atom is -0.379 e. The van der Waals surface area contributed by atoms with Crippen molar-refractivity contribution in [2.24, 2.45) is 4.99 Å². The molecule has 0 aliphatic carbocycles. The number of morpholine rings is 1. The summed E-state index contributed by atoms with van der Waals surface area (Å²) >= 11 is 7.84. The van der Waals surface area contributed by atoms with Gasteiger partial charge in [-0.3, -0.25) is 9.89 Å². The second kappa shape index (κ2) is 13.5. The van der Waals surface area contributed by atoms with Gasteiger partial charge >= 0.3 is 0 Å². The van der Waals surface area contributed by atoms with Crippen molar-refractivity contribution in [3.8, 4) is 0 Å². The van der Waals surface area contributed by atoms with E-state index in [0.29, 0.717) is 6.54 Å². The molecule has 1 aromatic heterocycles. The maximum atomic E-state index is 6.09. The van der Waals surface area contributed by atoms with Crippen LogP contribution in [0.5, 0.6) is 0 Å². The van der Waals surface area contributed by atoms with E-state index in [1.54, 1.807) is 11.3 Å². The fraction of sp³-hybridized carbons (Fsp3) is 0.524. The molecule has 9 heteroatoms. The van der Waals surface area contributed by atoms with Gasteiger partial charge in [-0.05, 0) is 31.5 Å². The molecule has 1 aromatic carbocycles. The summed E-state index contributed by atoms with van der Waals surface area (Å²) in [5.41, 5.74) is 1.23. The van der Waals surface area contributed by atoms with Crippen LogP contribution in [0.2, 0.25) is 5.02 Å². The number of aromatic nitrogens is 1. The molecule has 3 rings (SSSR count). The average Bonchev–Trinajstić information content (AvgIpc) is 3.15. The van der Waals surface area contributed by atoms with E-state index < -0.39 is 0 Å². The summed E-state index contributed by atoms with van der Waals surface area (Å²) < 4.78 is 5.54. The molecular formula is C21H31ClIN5OS. The van der Waals surface area contributed by atoms with Crippen molar-refractivity contribution in [2.75, 3.05) is 45.9 Å². The highest BCUT2D eigenvalue weighted by molar-refractivity contribution is 14.0. The summed E-state index contributed by atoms with van der Waals surface area (Å²) in [7, 11) is 0. The molecule has 2 N–H and O–H groups in total. The lowest BCUT2D eigenvalue weighted by atomic mass is 10.0. The van der Waals surface area contributed by atoms with Crippen LogP contribution in [0.4, 0.5) is 0 Å². The number of benzene rings is 1.